The number of nitrogens with zero attached hydrogens (tertiary/aromatic N) is 1. The van der Waals surface area contributed by atoms with Crippen molar-refractivity contribution in [2.24, 2.45) is 0 Å². The van der Waals surface area contributed by atoms with Crippen LogP contribution >= 0.6 is 0 Å². The minimum absolute atomic E-state index is 0.0130. The number of rotatable bonds is 9. The highest BCUT2D eigenvalue weighted by Gasteiger charge is 2.55. The molecule has 3 aromatic carbocycles. The number of methoxy groups -OCH3 is 1. The number of carbonyl (C=O) groups excluding carboxylic acids is 1. The number of carbonyl (C=O) groups is 1. The molecule has 4 rings (SSSR count). The van der Waals surface area contributed by atoms with Crippen LogP contribution in [-0.2, 0) is 20.6 Å². The third-order valence-electron chi connectivity index (χ3n) is 7.38. The highest BCUT2D eigenvalue weighted by Crippen LogP contribution is 2.45. The molecule has 0 unspecified atom stereocenters. The molecule has 1 saturated heterocycles. The minimum Gasteiger partial charge on any atom is -0.497 e. The van der Waals surface area contributed by atoms with Gasteiger partial charge in [-0.2, -0.15) is 0 Å². The van der Waals surface area contributed by atoms with E-state index in [1.165, 1.54) is 0 Å². The molecule has 5 nitrogen and oxygen atoms in total. The van der Waals surface area contributed by atoms with Crippen LogP contribution < -0.4 is 9.64 Å². The van der Waals surface area contributed by atoms with Crippen molar-refractivity contribution < 1.29 is 18.7 Å². The summed E-state index contributed by atoms with van der Waals surface area (Å²) in [5.41, 5.74) is 2.89. The van der Waals surface area contributed by atoms with Gasteiger partial charge in [0.15, 0.2) is 14.4 Å². The summed E-state index contributed by atoms with van der Waals surface area (Å²) >= 11 is 0. The van der Waals surface area contributed by atoms with Crippen LogP contribution in [0.4, 0.5) is 5.69 Å². The Morgan fingerprint density at radius 3 is 2.03 bits per heavy atom. The molecule has 1 aliphatic rings. The normalized spacial score (nSPS) is 19.1. The van der Waals surface area contributed by atoms with E-state index in [9.17, 15) is 4.79 Å². The van der Waals surface area contributed by atoms with E-state index in [1.807, 2.05) is 77.7 Å². The molecule has 1 amide bonds. The van der Waals surface area contributed by atoms with Gasteiger partial charge in [-0.15, -0.1) is 0 Å². The van der Waals surface area contributed by atoms with Crippen LogP contribution in [0.1, 0.15) is 38.0 Å². The zero-order valence-electron chi connectivity index (χ0n) is 22.1. The van der Waals surface area contributed by atoms with Gasteiger partial charge in [0.25, 0.3) is 5.91 Å². The molecule has 0 spiro atoms. The van der Waals surface area contributed by atoms with Gasteiger partial charge in [-0.05, 0) is 53.5 Å². The summed E-state index contributed by atoms with van der Waals surface area (Å²) in [5, 5.41) is 0.0130. The van der Waals surface area contributed by atoms with Gasteiger partial charge in [-0.25, -0.2) is 0 Å². The maximum Gasteiger partial charge on any atom is 0.258 e. The quantitative estimate of drug-likeness (QED) is 0.239. The molecule has 1 aliphatic heterocycles. The van der Waals surface area contributed by atoms with Crippen molar-refractivity contribution in [1.82, 2.24) is 0 Å². The molecule has 0 saturated carbocycles. The number of ether oxygens (including phenoxy) is 2. The lowest BCUT2D eigenvalue weighted by molar-refractivity contribution is -0.148. The molecule has 36 heavy (non-hydrogen) atoms. The van der Waals surface area contributed by atoms with E-state index >= 15 is 0 Å². The van der Waals surface area contributed by atoms with Gasteiger partial charge in [0.1, 0.15) is 11.8 Å². The van der Waals surface area contributed by atoms with E-state index in [2.05, 4.69) is 46.0 Å². The van der Waals surface area contributed by atoms with Gasteiger partial charge >= 0.3 is 0 Å². The van der Waals surface area contributed by atoms with Crippen LogP contribution in [-0.4, -0.2) is 33.5 Å². The van der Waals surface area contributed by atoms with Crippen LogP contribution in [0.3, 0.4) is 0 Å². The fourth-order valence-corrected chi connectivity index (χ4v) is 5.49. The van der Waals surface area contributed by atoms with Gasteiger partial charge in [0.05, 0.1) is 19.8 Å². The molecule has 0 aromatic heterocycles. The Bertz CT molecular complexity index is 1140. The number of amides is 1. The molecule has 0 radical (unpaired) electrons. The summed E-state index contributed by atoms with van der Waals surface area (Å²) < 4.78 is 18.7. The summed E-state index contributed by atoms with van der Waals surface area (Å²) in [4.78, 5) is 15.4. The van der Waals surface area contributed by atoms with E-state index in [-0.39, 0.29) is 23.1 Å². The van der Waals surface area contributed by atoms with E-state index in [0.29, 0.717) is 6.61 Å². The Hall–Kier alpha value is -2.93. The molecular weight excluding hydrogens is 466 g/mol. The fraction of sp³-hybridized carbons (Fsp3) is 0.367. The van der Waals surface area contributed by atoms with Crippen molar-refractivity contribution in [3.05, 3.63) is 96.1 Å². The molecule has 0 aliphatic carbocycles. The maximum absolute atomic E-state index is 13.6. The number of hydrogen-bond donors (Lipinski definition) is 0. The zero-order valence-corrected chi connectivity index (χ0v) is 23.1. The Morgan fingerprint density at radius 1 is 0.889 bits per heavy atom. The number of anilines is 1. The lowest BCUT2D eigenvalue weighted by Gasteiger charge is -2.52. The molecule has 3 atom stereocenters. The summed E-state index contributed by atoms with van der Waals surface area (Å²) in [7, 11) is -0.556. The van der Waals surface area contributed by atoms with Crippen molar-refractivity contribution in [3.63, 3.8) is 0 Å². The second kappa shape index (κ2) is 10.6. The van der Waals surface area contributed by atoms with Crippen molar-refractivity contribution in [2.75, 3.05) is 12.0 Å². The standard InChI is InChI=1S/C30H37NO4Si/c1-30(2,3)36(5,6)35-27(23-15-11-8-12-16-23)26-28(34-21-22-13-9-7-10-14-22)29(32)31(26)24-17-19-25(33-4)20-18-24/h7-20,26-28H,21H2,1-6H3/t26-,27+,28+/m0/s1. The van der Waals surface area contributed by atoms with Gasteiger partial charge in [-0.3, -0.25) is 4.79 Å². The third-order valence-corrected chi connectivity index (χ3v) is 11.8. The van der Waals surface area contributed by atoms with E-state index < -0.39 is 14.4 Å². The van der Waals surface area contributed by atoms with E-state index in [4.69, 9.17) is 13.9 Å². The lowest BCUT2D eigenvalue weighted by atomic mass is 9.87. The molecule has 0 bridgehead atoms. The molecule has 3 aromatic rings. The van der Waals surface area contributed by atoms with Gasteiger partial charge in [0, 0.05) is 5.69 Å². The third kappa shape index (κ3) is 5.41. The van der Waals surface area contributed by atoms with Gasteiger partial charge in [0.2, 0.25) is 0 Å². The Labute approximate surface area is 216 Å². The first-order valence-corrected chi connectivity index (χ1v) is 15.4. The fourth-order valence-electron chi connectivity index (χ4n) is 4.22. The predicted molar refractivity (Wildman–Crippen MR) is 147 cm³/mol. The summed E-state index contributed by atoms with van der Waals surface area (Å²) in [6, 6.07) is 27.5. The monoisotopic (exact) mass is 503 g/mol. The van der Waals surface area contributed by atoms with Crippen molar-refractivity contribution in [1.29, 1.82) is 0 Å². The first kappa shape index (κ1) is 26.1. The Balaban J connectivity index is 1.73. The van der Waals surface area contributed by atoms with Crippen molar-refractivity contribution in [3.8, 4) is 5.75 Å². The molecule has 190 valence electrons. The Morgan fingerprint density at radius 2 is 1.47 bits per heavy atom. The summed E-state index contributed by atoms with van der Waals surface area (Å²) in [6.45, 7) is 11.6. The van der Waals surface area contributed by atoms with Crippen molar-refractivity contribution in [2.45, 2.75) is 63.8 Å². The molecule has 1 heterocycles. The van der Waals surface area contributed by atoms with E-state index in [1.54, 1.807) is 7.11 Å². The lowest BCUT2D eigenvalue weighted by Crippen LogP contribution is -2.69. The van der Waals surface area contributed by atoms with Gasteiger partial charge < -0.3 is 18.8 Å². The molecule has 1 fully saturated rings. The van der Waals surface area contributed by atoms with Crippen LogP contribution in [0.25, 0.3) is 0 Å². The molecular formula is C30H37NO4Si. The SMILES string of the molecule is COc1ccc(N2C(=O)[C@H](OCc3ccccc3)[C@@H]2[C@H](O[Si](C)(C)C(C)(C)C)c2ccccc2)cc1. The van der Waals surface area contributed by atoms with E-state index in [0.717, 1.165) is 22.6 Å². The first-order valence-electron chi connectivity index (χ1n) is 12.5. The number of benzene rings is 3. The topological polar surface area (TPSA) is 48.0 Å². The first-order chi connectivity index (χ1) is 17.1. The highest BCUT2D eigenvalue weighted by atomic mass is 28.4. The zero-order chi connectivity index (χ0) is 25.9. The summed E-state index contributed by atoms with van der Waals surface area (Å²) in [6.07, 6.45) is -0.935. The number of hydrogen-bond acceptors (Lipinski definition) is 4. The van der Waals surface area contributed by atoms with Crippen LogP contribution in [0.5, 0.6) is 5.75 Å². The van der Waals surface area contributed by atoms with Crippen LogP contribution in [0.15, 0.2) is 84.9 Å². The maximum atomic E-state index is 13.6. The van der Waals surface area contributed by atoms with Crippen molar-refractivity contribution >= 4 is 19.9 Å². The second-order valence-corrected chi connectivity index (χ2v) is 15.6. The second-order valence-electron chi connectivity index (χ2n) is 10.8. The highest BCUT2D eigenvalue weighted by molar-refractivity contribution is 6.74. The Kier molecular flexibility index (Phi) is 7.69. The number of β-lactam (4-membered cyclic amide) rings is 1. The average Bonchev–Trinajstić information content (AvgIpc) is 2.87. The smallest absolute Gasteiger partial charge is 0.258 e. The minimum atomic E-state index is -2.19. The molecule has 6 heteroatoms. The largest absolute Gasteiger partial charge is 0.497 e. The predicted octanol–water partition coefficient (Wildman–Crippen LogP) is 6.76. The van der Waals surface area contributed by atoms with Crippen LogP contribution in [0, 0.1) is 0 Å². The average molecular weight is 504 g/mol. The van der Waals surface area contributed by atoms with Gasteiger partial charge in [-0.1, -0.05) is 81.4 Å². The summed E-state index contributed by atoms with van der Waals surface area (Å²) in [5.74, 6) is 0.693. The van der Waals surface area contributed by atoms with Crippen LogP contribution in [0.2, 0.25) is 18.1 Å². The molecule has 0 N–H and O–H groups in total.